The van der Waals surface area contributed by atoms with E-state index in [0.717, 1.165) is 74.4 Å². The van der Waals surface area contributed by atoms with Crippen molar-refractivity contribution in [3.63, 3.8) is 0 Å². The molecule has 0 atom stereocenters. The largest absolute Gasteiger partial charge is 0.497 e. The summed E-state index contributed by atoms with van der Waals surface area (Å²) in [5.41, 5.74) is 1.14. The van der Waals surface area contributed by atoms with Crippen LogP contribution in [0.25, 0.3) is 0 Å². The number of aromatic nitrogens is 3. The first-order valence-electron chi connectivity index (χ1n) is 11.1. The summed E-state index contributed by atoms with van der Waals surface area (Å²) in [6, 6.07) is 6.43. The fourth-order valence-corrected chi connectivity index (χ4v) is 3.78. The lowest BCUT2D eigenvalue weighted by molar-refractivity contribution is 0.393. The normalized spacial score (nSPS) is 15.1. The average molecular weight is 430 g/mol. The molecule has 0 radical (unpaired) electrons. The fraction of sp³-hybridized carbons (Fsp3) is 0.591. The number of ether oxygens (including phenoxy) is 2. The molecule has 0 bridgehead atoms. The second-order valence-electron chi connectivity index (χ2n) is 7.53. The summed E-state index contributed by atoms with van der Waals surface area (Å²) in [5, 5.41) is 15.1. The van der Waals surface area contributed by atoms with Gasteiger partial charge in [0.25, 0.3) is 0 Å². The molecule has 9 nitrogen and oxygen atoms in total. The number of methoxy groups -OCH3 is 2. The van der Waals surface area contributed by atoms with Gasteiger partial charge in [-0.1, -0.05) is 6.92 Å². The highest BCUT2D eigenvalue weighted by atomic mass is 16.5. The molecule has 1 aromatic carbocycles. The smallest absolute Gasteiger partial charge is 0.191 e. The lowest BCUT2D eigenvalue weighted by Crippen LogP contribution is -2.48. The summed E-state index contributed by atoms with van der Waals surface area (Å²) in [6.45, 7) is 8.41. The fourth-order valence-electron chi connectivity index (χ4n) is 3.78. The van der Waals surface area contributed by atoms with Gasteiger partial charge in [-0.2, -0.15) is 0 Å². The van der Waals surface area contributed by atoms with Crippen molar-refractivity contribution in [1.82, 2.24) is 25.4 Å². The van der Waals surface area contributed by atoms with Gasteiger partial charge in [-0.15, -0.1) is 10.2 Å². The molecule has 170 valence electrons. The Bertz CT molecular complexity index is 822. The summed E-state index contributed by atoms with van der Waals surface area (Å²) < 4.78 is 12.9. The molecule has 0 aliphatic carbocycles. The molecule has 1 aliphatic heterocycles. The van der Waals surface area contributed by atoms with Crippen LogP contribution in [-0.2, 0) is 13.0 Å². The van der Waals surface area contributed by atoms with E-state index in [0.29, 0.717) is 12.6 Å². The molecule has 0 unspecified atom stereocenters. The van der Waals surface area contributed by atoms with Gasteiger partial charge >= 0.3 is 0 Å². The highest BCUT2D eigenvalue weighted by Crippen LogP contribution is 2.30. The van der Waals surface area contributed by atoms with Crippen LogP contribution in [0, 0.1) is 0 Å². The number of guanidine groups is 1. The van der Waals surface area contributed by atoms with Crippen LogP contribution in [0.2, 0.25) is 0 Å². The first-order chi connectivity index (χ1) is 15.2. The van der Waals surface area contributed by atoms with Crippen molar-refractivity contribution in [2.75, 3.05) is 45.3 Å². The van der Waals surface area contributed by atoms with E-state index in [1.54, 1.807) is 20.5 Å². The summed E-state index contributed by atoms with van der Waals surface area (Å²) in [4.78, 5) is 7.13. The van der Waals surface area contributed by atoms with Gasteiger partial charge in [0.2, 0.25) is 0 Å². The van der Waals surface area contributed by atoms with Crippen LogP contribution in [-0.4, -0.2) is 67.2 Å². The third-order valence-corrected chi connectivity index (χ3v) is 5.50. The Morgan fingerprint density at radius 2 is 1.84 bits per heavy atom. The molecule has 1 saturated heterocycles. The van der Waals surface area contributed by atoms with E-state index < -0.39 is 0 Å². The zero-order valence-electron chi connectivity index (χ0n) is 19.1. The molecule has 2 aromatic rings. The van der Waals surface area contributed by atoms with Crippen molar-refractivity contribution in [2.24, 2.45) is 4.99 Å². The van der Waals surface area contributed by atoms with Crippen LogP contribution in [0.15, 0.2) is 29.5 Å². The number of nitrogens with zero attached hydrogens (tertiary/aromatic N) is 5. The van der Waals surface area contributed by atoms with E-state index in [4.69, 9.17) is 14.5 Å². The van der Waals surface area contributed by atoms with Crippen LogP contribution >= 0.6 is 0 Å². The van der Waals surface area contributed by atoms with Crippen molar-refractivity contribution in [3.8, 4) is 11.5 Å². The molecule has 9 heteroatoms. The van der Waals surface area contributed by atoms with Gasteiger partial charge in [-0.05, 0) is 19.8 Å². The Kier molecular flexibility index (Phi) is 8.37. The quantitative estimate of drug-likeness (QED) is 0.466. The predicted molar refractivity (Wildman–Crippen MR) is 123 cm³/mol. The number of nitrogens with one attached hydrogen (secondary N) is 2. The van der Waals surface area contributed by atoms with Crippen LogP contribution in [0.1, 0.15) is 32.5 Å². The van der Waals surface area contributed by atoms with Crippen molar-refractivity contribution in [1.29, 1.82) is 0 Å². The second-order valence-corrected chi connectivity index (χ2v) is 7.53. The Balaban J connectivity index is 1.54. The van der Waals surface area contributed by atoms with Gasteiger partial charge in [0, 0.05) is 62.5 Å². The Labute approximate surface area is 184 Å². The van der Waals surface area contributed by atoms with Crippen LogP contribution in [0.5, 0.6) is 11.5 Å². The first kappa shape index (κ1) is 22.7. The van der Waals surface area contributed by atoms with E-state index in [1.807, 2.05) is 6.07 Å². The van der Waals surface area contributed by atoms with E-state index in [9.17, 15) is 0 Å². The maximum atomic E-state index is 5.42. The predicted octanol–water partition coefficient (Wildman–Crippen LogP) is 2.08. The lowest BCUT2D eigenvalue weighted by Gasteiger charge is -2.34. The highest BCUT2D eigenvalue weighted by molar-refractivity contribution is 5.80. The molecule has 1 fully saturated rings. The first-order valence-corrected chi connectivity index (χ1v) is 11.1. The van der Waals surface area contributed by atoms with Gasteiger partial charge in [-0.25, -0.2) is 0 Å². The van der Waals surface area contributed by atoms with Crippen molar-refractivity contribution in [2.45, 2.75) is 45.7 Å². The molecule has 0 saturated carbocycles. The van der Waals surface area contributed by atoms with E-state index in [-0.39, 0.29) is 0 Å². The van der Waals surface area contributed by atoms with Gasteiger partial charge in [-0.3, -0.25) is 4.99 Å². The zero-order chi connectivity index (χ0) is 22.1. The molecule has 1 aromatic heterocycles. The third-order valence-electron chi connectivity index (χ3n) is 5.50. The lowest BCUT2D eigenvalue weighted by atomic mass is 10.0. The van der Waals surface area contributed by atoms with Crippen molar-refractivity contribution < 1.29 is 9.47 Å². The highest BCUT2D eigenvalue weighted by Gasteiger charge is 2.21. The number of hydrogen-bond acceptors (Lipinski definition) is 6. The topological polar surface area (TPSA) is 88.8 Å². The van der Waals surface area contributed by atoms with Crippen LogP contribution < -0.4 is 25.0 Å². The van der Waals surface area contributed by atoms with E-state index in [2.05, 4.69) is 56.3 Å². The summed E-state index contributed by atoms with van der Waals surface area (Å²) in [7, 11) is 3.37. The molecular weight excluding hydrogens is 394 g/mol. The number of piperidine rings is 1. The van der Waals surface area contributed by atoms with E-state index in [1.165, 1.54) is 0 Å². The minimum absolute atomic E-state index is 0.391. The Morgan fingerprint density at radius 3 is 2.45 bits per heavy atom. The van der Waals surface area contributed by atoms with Gasteiger partial charge < -0.3 is 29.6 Å². The SMILES string of the molecule is CCNC(=NCCn1cnnc1CC)NC1CCN(c2cc(OC)cc(OC)c2)CC1. The van der Waals surface area contributed by atoms with Gasteiger partial charge in [0.05, 0.1) is 20.8 Å². The zero-order valence-corrected chi connectivity index (χ0v) is 19.1. The standard InChI is InChI=1S/C22H35N7O2/c1-5-21-27-25-16-29(21)12-9-24-22(23-6-2)26-17-7-10-28(11-8-17)18-13-19(30-3)15-20(14-18)31-4/h13-17H,5-12H2,1-4H3,(H2,23,24,26). The van der Waals surface area contributed by atoms with E-state index >= 15 is 0 Å². The summed E-state index contributed by atoms with van der Waals surface area (Å²) in [6.07, 6.45) is 4.72. The van der Waals surface area contributed by atoms with Crippen molar-refractivity contribution >= 4 is 11.6 Å². The molecule has 0 amide bonds. The summed E-state index contributed by atoms with van der Waals surface area (Å²) in [5.74, 6) is 3.50. The number of benzene rings is 1. The second kappa shape index (κ2) is 11.4. The maximum Gasteiger partial charge on any atom is 0.191 e. The molecule has 3 rings (SSSR count). The molecule has 2 N–H and O–H groups in total. The summed E-state index contributed by atoms with van der Waals surface area (Å²) >= 11 is 0. The molecule has 31 heavy (non-hydrogen) atoms. The molecule has 0 spiro atoms. The van der Waals surface area contributed by atoms with Crippen molar-refractivity contribution in [3.05, 3.63) is 30.4 Å². The minimum atomic E-state index is 0.391. The number of rotatable bonds is 9. The number of hydrogen-bond donors (Lipinski definition) is 2. The van der Waals surface area contributed by atoms with Gasteiger partial charge in [0.1, 0.15) is 23.7 Å². The van der Waals surface area contributed by atoms with Crippen LogP contribution in [0.3, 0.4) is 0 Å². The maximum absolute atomic E-state index is 5.42. The average Bonchev–Trinajstić information content (AvgIpc) is 3.26. The van der Waals surface area contributed by atoms with Gasteiger partial charge in [0.15, 0.2) is 5.96 Å². The number of aliphatic imine (C=N–C) groups is 1. The van der Waals surface area contributed by atoms with Crippen LogP contribution in [0.4, 0.5) is 5.69 Å². The minimum Gasteiger partial charge on any atom is -0.497 e. The Hall–Kier alpha value is -2.97. The molecule has 2 heterocycles. The third kappa shape index (κ3) is 6.26. The number of anilines is 1. The Morgan fingerprint density at radius 1 is 1.13 bits per heavy atom. The number of aryl methyl sites for hydroxylation is 1. The molecule has 1 aliphatic rings. The molecular formula is C22H35N7O2. The monoisotopic (exact) mass is 429 g/mol.